The van der Waals surface area contributed by atoms with E-state index in [0.29, 0.717) is 36.7 Å². The first-order valence-electron chi connectivity index (χ1n) is 10.9. The first-order chi connectivity index (χ1) is 15.1. The zero-order chi connectivity index (χ0) is 23.5. The Hall–Kier alpha value is -2.43. The van der Waals surface area contributed by atoms with E-state index >= 15 is 0 Å². The second kappa shape index (κ2) is 10.0. The van der Waals surface area contributed by atoms with Gasteiger partial charge in [0, 0.05) is 32.0 Å². The van der Waals surface area contributed by atoms with Gasteiger partial charge in [0.05, 0.1) is 4.90 Å². The van der Waals surface area contributed by atoms with E-state index in [9.17, 15) is 18.4 Å². The highest BCUT2D eigenvalue weighted by Crippen LogP contribution is 2.23. The van der Waals surface area contributed by atoms with Crippen molar-refractivity contribution in [2.24, 2.45) is 5.92 Å². The van der Waals surface area contributed by atoms with E-state index < -0.39 is 16.1 Å². The number of likely N-dealkylation sites (tertiary alicyclic amines) is 1. The predicted octanol–water partition coefficient (Wildman–Crippen LogP) is 2.61. The summed E-state index contributed by atoms with van der Waals surface area (Å²) in [6.07, 6.45) is 5.21. The number of nitrogens with zero attached hydrogens (tertiary/aromatic N) is 3. The Morgan fingerprint density at radius 2 is 1.84 bits per heavy atom. The molecule has 10 heteroatoms. The molecular weight excluding hydrogens is 430 g/mol. The molecule has 1 fully saturated rings. The zero-order valence-corrected chi connectivity index (χ0v) is 19.9. The first-order valence-corrected chi connectivity index (χ1v) is 12.4. The number of rotatable bonds is 8. The highest BCUT2D eigenvalue weighted by Gasteiger charge is 2.32. The molecule has 1 aliphatic heterocycles. The standard InChI is InChI=1S/C22H33N5O4S/c1-15-5-9-26(10-6-15)21(28)19(7-11-27-12-8-23-22(27)24-29)25-32(30,31)20-17(3)13-16(2)14-18(20)4/h8,12-15,19,25,29H,5-7,9-11H2,1-4H3,(H,23,24). The van der Waals surface area contributed by atoms with Gasteiger partial charge in [-0.1, -0.05) is 24.6 Å². The predicted molar refractivity (Wildman–Crippen MR) is 122 cm³/mol. The highest BCUT2D eigenvalue weighted by atomic mass is 32.2. The summed E-state index contributed by atoms with van der Waals surface area (Å²) in [5.41, 5.74) is 4.29. The van der Waals surface area contributed by atoms with Gasteiger partial charge in [0.25, 0.3) is 0 Å². The molecule has 3 rings (SSSR count). The molecule has 1 amide bonds. The number of piperidine rings is 1. The van der Waals surface area contributed by atoms with Crippen molar-refractivity contribution in [2.45, 2.75) is 64.4 Å². The number of carbonyl (C=O) groups is 1. The van der Waals surface area contributed by atoms with Gasteiger partial charge >= 0.3 is 0 Å². The van der Waals surface area contributed by atoms with E-state index in [2.05, 4.69) is 16.6 Å². The number of imidazole rings is 1. The third-order valence-electron chi connectivity index (χ3n) is 6.04. The maximum atomic E-state index is 13.4. The summed E-state index contributed by atoms with van der Waals surface area (Å²) < 4.78 is 31.0. The van der Waals surface area contributed by atoms with E-state index in [1.807, 2.05) is 24.5 Å². The van der Waals surface area contributed by atoms with Crippen LogP contribution in [0.3, 0.4) is 0 Å². The number of hydrogen-bond acceptors (Lipinski definition) is 6. The Kier molecular flexibility index (Phi) is 7.58. The molecule has 3 N–H and O–H groups in total. The number of benzene rings is 1. The van der Waals surface area contributed by atoms with E-state index in [4.69, 9.17) is 0 Å². The molecule has 176 valence electrons. The Balaban J connectivity index is 1.86. The normalized spacial score (nSPS) is 16.2. The van der Waals surface area contributed by atoms with Gasteiger partial charge in [-0.3, -0.25) is 10.0 Å². The summed E-state index contributed by atoms with van der Waals surface area (Å²) in [4.78, 5) is 19.3. The minimum atomic E-state index is -3.93. The molecule has 0 aliphatic carbocycles. The number of carbonyl (C=O) groups excluding carboxylic acids is 1. The summed E-state index contributed by atoms with van der Waals surface area (Å²) in [5.74, 6) is 0.564. The fraction of sp³-hybridized carbons (Fsp3) is 0.545. The average molecular weight is 464 g/mol. The Morgan fingerprint density at radius 3 is 2.44 bits per heavy atom. The van der Waals surface area contributed by atoms with Crippen LogP contribution in [0.4, 0.5) is 5.95 Å². The third kappa shape index (κ3) is 5.48. The van der Waals surface area contributed by atoms with Crippen LogP contribution in [-0.4, -0.2) is 53.1 Å². The van der Waals surface area contributed by atoms with Crippen molar-refractivity contribution in [3.63, 3.8) is 0 Å². The quantitative estimate of drug-likeness (QED) is 0.518. The van der Waals surface area contributed by atoms with Crippen molar-refractivity contribution in [3.05, 3.63) is 41.2 Å². The lowest BCUT2D eigenvalue weighted by Crippen LogP contribution is -2.51. The Morgan fingerprint density at radius 1 is 1.22 bits per heavy atom. The van der Waals surface area contributed by atoms with Gasteiger partial charge in [0.15, 0.2) is 0 Å². The number of nitrogens with one attached hydrogen (secondary N) is 2. The minimum Gasteiger partial charge on any atom is -0.341 e. The molecule has 0 bridgehead atoms. The SMILES string of the molecule is Cc1cc(C)c(S(=O)(=O)NC(CCn2ccnc2NO)C(=O)N2CCC(C)CC2)c(C)c1. The molecule has 1 aliphatic rings. The van der Waals surface area contributed by atoms with E-state index in [-0.39, 0.29) is 23.2 Å². The van der Waals surface area contributed by atoms with Gasteiger partial charge in [-0.05, 0) is 57.1 Å². The van der Waals surface area contributed by atoms with Crippen LogP contribution in [0.5, 0.6) is 0 Å². The van der Waals surface area contributed by atoms with E-state index in [0.717, 1.165) is 18.4 Å². The fourth-order valence-corrected chi connectivity index (χ4v) is 6.07. The molecule has 32 heavy (non-hydrogen) atoms. The van der Waals surface area contributed by atoms with Gasteiger partial charge < -0.3 is 9.47 Å². The molecule has 0 saturated carbocycles. The topological polar surface area (TPSA) is 117 Å². The number of anilines is 1. The number of amides is 1. The molecular formula is C22H33N5O4S. The van der Waals surface area contributed by atoms with E-state index in [1.165, 1.54) is 6.20 Å². The molecule has 1 atom stereocenters. The summed E-state index contributed by atoms with van der Waals surface area (Å²) in [7, 11) is -3.93. The lowest BCUT2D eigenvalue weighted by molar-refractivity contribution is -0.134. The van der Waals surface area contributed by atoms with Crippen LogP contribution in [0.15, 0.2) is 29.4 Å². The summed E-state index contributed by atoms with van der Waals surface area (Å²) in [6.45, 7) is 9.16. The van der Waals surface area contributed by atoms with Crippen LogP contribution < -0.4 is 10.2 Å². The smallest absolute Gasteiger partial charge is 0.241 e. The van der Waals surface area contributed by atoms with Gasteiger partial charge in [-0.15, -0.1) is 0 Å². The van der Waals surface area contributed by atoms with Crippen LogP contribution in [0.1, 0.15) is 42.9 Å². The number of aryl methyl sites for hydroxylation is 4. The van der Waals surface area contributed by atoms with Crippen molar-refractivity contribution < 1.29 is 18.4 Å². The van der Waals surface area contributed by atoms with Crippen molar-refractivity contribution in [1.29, 1.82) is 0 Å². The molecule has 9 nitrogen and oxygen atoms in total. The first kappa shape index (κ1) is 24.2. The lowest BCUT2D eigenvalue weighted by Gasteiger charge is -2.33. The maximum Gasteiger partial charge on any atom is 0.241 e. The lowest BCUT2D eigenvalue weighted by atomic mass is 9.98. The van der Waals surface area contributed by atoms with Gasteiger partial charge in [-0.25, -0.2) is 18.9 Å². The second-order valence-electron chi connectivity index (χ2n) is 8.75. The van der Waals surface area contributed by atoms with Crippen molar-refractivity contribution in [2.75, 3.05) is 18.6 Å². The third-order valence-corrected chi connectivity index (χ3v) is 7.81. The van der Waals surface area contributed by atoms with Crippen LogP contribution in [0.25, 0.3) is 0 Å². The van der Waals surface area contributed by atoms with Crippen LogP contribution in [0, 0.1) is 26.7 Å². The summed E-state index contributed by atoms with van der Waals surface area (Å²) in [5, 5.41) is 9.21. The average Bonchev–Trinajstić information content (AvgIpc) is 3.17. The molecule has 2 heterocycles. The molecule has 1 aromatic heterocycles. The molecule has 1 unspecified atom stereocenters. The van der Waals surface area contributed by atoms with Crippen molar-refractivity contribution >= 4 is 21.9 Å². The molecule has 1 aromatic carbocycles. The monoisotopic (exact) mass is 463 g/mol. The fourth-order valence-electron chi connectivity index (χ4n) is 4.39. The molecule has 0 radical (unpaired) electrons. The number of hydrogen-bond donors (Lipinski definition) is 3. The molecule has 2 aromatic rings. The number of sulfonamides is 1. The zero-order valence-electron chi connectivity index (χ0n) is 19.1. The largest absolute Gasteiger partial charge is 0.341 e. The summed E-state index contributed by atoms with van der Waals surface area (Å²) >= 11 is 0. The van der Waals surface area contributed by atoms with Crippen LogP contribution in [0.2, 0.25) is 0 Å². The minimum absolute atomic E-state index is 0.216. The van der Waals surface area contributed by atoms with E-state index in [1.54, 1.807) is 29.5 Å². The summed E-state index contributed by atoms with van der Waals surface area (Å²) in [6, 6.07) is 2.73. The Bertz CT molecular complexity index is 1040. The second-order valence-corrected chi connectivity index (χ2v) is 10.4. The van der Waals surface area contributed by atoms with Crippen molar-refractivity contribution in [3.8, 4) is 0 Å². The molecule has 0 spiro atoms. The Labute approximate surface area is 189 Å². The highest BCUT2D eigenvalue weighted by molar-refractivity contribution is 7.89. The van der Waals surface area contributed by atoms with Crippen molar-refractivity contribution in [1.82, 2.24) is 19.2 Å². The van der Waals surface area contributed by atoms with Gasteiger partial charge in [-0.2, -0.15) is 4.72 Å². The maximum absolute atomic E-state index is 13.4. The van der Waals surface area contributed by atoms with Gasteiger partial charge in [0.2, 0.25) is 21.9 Å². The molecule has 1 saturated heterocycles. The van der Waals surface area contributed by atoms with Crippen LogP contribution >= 0.6 is 0 Å². The van der Waals surface area contributed by atoms with Gasteiger partial charge in [0.1, 0.15) is 6.04 Å². The number of aromatic nitrogens is 2. The van der Waals surface area contributed by atoms with Crippen LogP contribution in [-0.2, 0) is 21.4 Å².